The molecular weight excluding hydrogens is 322 g/mol. The smallest absolute Gasteiger partial charge is 0.320 e. The van der Waals surface area contributed by atoms with Crippen LogP contribution in [0.1, 0.15) is 17.7 Å². The molecule has 3 heterocycles. The van der Waals surface area contributed by atoms with Gasteiger partial charge in [-0.3, -0.25) is 10.3 Å². The number of carbonyl (C=O) groups excluding carboxylic acids is 1. The highest BCUT2D eigenvalue weighted by molar-refractivity contribution is 7.15. The zero-order valence-electron chi connectivity index (χ0n) is 13.2. The summed E-state index contributed by atoms with van der Waals surface area (Å²) >= 11 is 1.67. The maximum absolute atomic E-state index is 11.9. The van der Waals surface area contributed by atoms with E-state index in [1.54, 1.807) is 23.6 Å². The van der Waals surface area contributed by atoms with E-state index in [1.807, 2.05) is 12.1 Å². The molecule has 0 atom stereocenters. The lowest BCUT2D eigenvalue weighted by molar-refractivity contribution is 0.251. The van der Waals surface area contributed by atoms with Crippen molar-refractivity contribution in [2.75, 3.05) is 11.9 Å². The minimum Gasteiger partial charge on any atom is -0.338 e. The molecule has 0 aromatic carbocycles. The Morgan fingerprint density at radius 2 is 2.12 bits per heavy atom. The quantitative estimate of drug-likeness (QED) is 0.761. The second-order valence-corrected chi connectivity index (χ2v) is 7.27. The van der Waals surface area contributed by atoms with Crippen molar-refractivity contribution >= 4 is 34.3 Å². The van der Waals surface area contributed by atoms with Gasteiger partial charge in [0.05, 0.1) is 11.1 Å². The summed E-state index contributed by atoms with van der Waals surface area (Å²) in [5.41, 5.74) is 2.03. The van der Waals surface area contributed by atoms with Crippen LogP contribution in [-0.4, -0.2) is 27.5 Å². The van der Waals surface area contributed by atoms with Crippen LogP contribution >= 0.6 is 11.3 Å². The summed E-state index contributed by atoms with van der Waals surface area (Å²) in [6.07, 6.45) is 4.16. The Hall–Kier alpha value is -2.54. The predicted molar refractivity (Wildman–Crippen MR) is 95.1 cm³/mol. The van der Waals surface area contributed by atoms with Gasteiger partial charge in [-0.2, -0.15) is 0 Å². The second-order valence-electron chi connectivity index (χ2n) is 5.98. The number of pyridine rings is 1. The van der Waals surface area contributed by atoms with Crippen molar-refractivity contribution in [1.82, 2.24) is 20.3 Å². The second kappa shape index (κ2) is 6.16. The average Bonchev–Trinajstić information content (AvgIpc) is 3.32. The highest BCUT2D eigenvalue weighted by Gasteiger charge is 2.21. The molecule has 1 fully saturated rings. The molecule has 4 rings (SSSR count). The topological polar surface area (TPSA) is 79.8 Å². The third kappa shape index (κ3) is 3.35. The summed E-state index contributed by atoms with van der Waals surface area (Å²) in [5, 5.41) is 5.61. The molecule has 3 aromatic heterocycles. The van der Waals surface area contributed by atoms with Crippen LogP contribution in [-0.2, 0) is 0 Å². The first-order chi connectivity index (χ1) is 11.7. The number of nitrogens with one attached hydrogen (secondary N) is 2. The third-order valence-electron chi connectivity index (χ3n) is 3.89. The number of amides is 2. The maximum atomic E-state index is 11.9. The van der Waals surface area contributed by atoms with E-state index in [0.29, 0.717) is 22.9 Å². The highest BCUT2D eigenvalue weighted by Crippen LogP contribution is 2.28. The Labute approximate surface area is 143 Å². The lowest BCUT2D eigenvalue weighted by Gasteiger charge is -2.07. The summed E-state index contributed by atoms with van der Waals surface area (Å²) in [4.78, 5) is 27.6. The van der Waals surface area contributed by atoms with E-state index < -0.39 is 0 Å². The van der Waals surface area contributed by atoms with E-state index in [2.05, 4.69) is 38.6 Å². The zero-order valence-corrected chi connectivity index (χ0v) is 14.1. The monoisotopic (exact) mass is 339 g/mol. The molecule has 0 unspecified atom stereocenters. The van der Waals surface area contributed by atoms with Gasteiger partial charge in [0.2, 0.25) is 0 Å². The minimum atomic E-state index is -0.230. The average molecular weight is 339 g/mol. The van der Waals surface area contributed by atoms with Gasteiger partial charge in [-0.1, -0.05) is 0 Å². The first-order valence-electron chi connectivity index (χ1n) is 7.93. The fraction of sp³-hybridized carbons (Fsp3) is 0.294. The van der Waals surface area contributed by atoms with Crippen molar-refractivity contribution in [3.8, 4) is 10.6 Å². The lowest BCUT2D eigenvalue weighted by atomic mass is 10.3. The summed E-state index contributed by atoms with van der Waals surface area (Å²) in [6.45, 7) is 2.78. The molecule has 6 nitrogen and oxygen atoms in total. The maximum Gasteiger partial charge on any atom is 0.320 e. The number of nitrogens with zero attached hydrogens (tertiary/aromatic N) is 3. The van der Waals surface area contributed by atoms with E-state index in [9.17, 15) is 4.79 Å². The van der Waals surface area contributed by atoms with E-state index in [1.165, 1.54) is 17.7 Å². The molecular formula is C17H17N5OS. The first-order valence-corrected chi connectivity index (χ1v) is 8.74. The zero-order chi connectivity index (χ0) is 16.5. The predicted octanol–water partition coefficient (Wildman–Crippen LogP) is 3.59. The van der Waals surface area contributed by atoms with Gasteiger partial charge < -0.3 is 5.32 Å². The van der Waals surface area contributed by atoms with Gasteiger partial charge in [-0.25, -0.2) is 14.8 Å². The number of hydrogen-bond acceptors (Lipinski definition) is 5. The molecule has 0 spiro atoms. The van der Waals surface area contributed by atoms with Gasteiger partial charge in [0.1, 0.15) is 17.0 Å². The number of rotatable bonds is 4. The Kier molecular flexibility index (Phi) is 3.86. The molecule has 0 saturated heterocycles. The van der Waals surface area contributed by atoms with Crippen molar-refractivity contribution < 1.29 is 4.79 Å². The van der Waals surface area contributed by atoms with Gasteiger partial charge >= 0.3 is 6.03 Å². The van der Waals surface area contributed by atoms with Crippen molar-refractivity contribution in [1.29, 1.82) is 0 Å². The molecule has 24 heavy (non-hydrogen) atoms. The van der Waals surface area contributed by atoms with Crippen LogP contribution < -0.4 is 10.6 Å². The van der Waals surface area contributed by atoms with Crippen molar-refractivity contribution in [2.24, 2.45) is 5.92 Å². The van der Waals surface area contributed by atoms with Gasteiger partial charge in [-0.15, -0.1) is 11.3 Å². The van der Waals surface area contributed by atoms with Crippen LogP contribution in [0.5, 0.6) is 0 Å². The van der Waals surface area contributed by atoms with E-state index in [4.69, 9.17) is 0 Å². The van der Waals surface area contributed by atoms with Gasteiger partial charge in [-0.05, 0) is 49.9 Å². The minimum absolute atomic E-state index is 0.230. The number of thiophene rings is 1. The molecule has 122 valence electrons. The molecule has 1 saturated carbocycles. The lowest BCUT2D eigenvalue weighted by Crippen LogP contribution is -2.30. The van der Waals surface area contributed by atoms with Crippen LogP contribution in [0.15, 0.2) is 30.5 Å². The Bertz CT molecular complexity index is 903. The fourth-order valence-electron chi connectivity index (χ4n) is 2.38. The van der Waals surface area contributed by atoms with E-state index in [-0.39, 0.29) is 6.03 Å². The van der Waals surface area contributed by atoms with Gasteiger partial charge in [0.25, 0.3) is 0 Å². The Balaban J connectivity index is 1.55. The van der Waals surface area contributed by atoms with Crippen LogP contribution in [0.25, 0.3) is 21.7 Å². The molecule has 0 radical (unpaired) electrons. The number of hydrogen-bond donors (Lipinski definition) is 2. The van der Waals surface area contributed by atoms with Crippen molar-refractivity contribution in [2.45, 2.75) is 19.8 Å². The molecule has 2 amide bonds. The largest absolute Gasteiger partial charge is 0.338 e. The molecule has 0 aliphatic heterocycles. The number of aryl methyl sites for hydroxylation is 1. The van der Waals surface area contributed by atoms with Crippen molar-refractivity contribution in [3.63, 3.8) is 0 Å². The van der Waals surface area contributed by atoms with Crippen LogP contribution in [0.3, 0.4) is 0 Å². The molecule has 0 bridgehead atoms. The normalized spacial score (nSPS) is 13.9. The molecule has 1 aliphatic carbocycles. The van der Waals surface area contributed by atoms with Crippen LogP contribution in [0, 0.1) is 12.8 Å². The fourth-order valence-corrected chi connectivity index (χ4v) is 3.20. The number of anilines is 1. The molecule has 3 aromatic rings. The van der Waals surface area contributed by atoms with Gasteiger partial charge in [0, 0.05) is 11.4 Å². The number of aromatic nitrogens is 3. The number of urea groups is 1. The molecule has 7 heteroatoms. The highest BCUT2D eigenvalue weighted by atomic mass is 32.1. The first kappa shape index (κ1) is 15.0. The van der Waals surface area contributed by atoms with Crippen LogP contribution in [0.2, 0.25) is 0 Å². The molecule has 1 aliphatic rings. The SMILES string of the molecule is Cc1ccc(-c2cnc3ccc(NC(=O)NCC4CC4)nc3n2)s1. The Morgan fingerprint density at radius 1 is 1.25 bits per heavy atom. The van der Waals surface area contributed by atoms with E-state index >= 15 is 0 Å². The summed E-state index contributed by atoms with van der Waals surface area (Å²) in [7, 11) is 0. The molecule has 2 N–H and O–H groups in total. The van der Waals surface area contributed by atoms with Crippen molar-refractivity contribution in [3.05, 3.63) is 35.3 Å². The van der Waals surface area contributed by atoms with Gasteiger partial charge in [0.15, 0.2) is 5.65 Å². The Morgan fingerprint density at radius 3 is 2.88 bits per heavy atom. The number of carbonyl (C=O) groups is 1. The number of fused-ring (bicyclic) bond motifs is 1. The van der Waals surface area contributed by atoms with E-state index in [0.717, 1.165) is 17.1 Å². The summed E-state index contributed by atoms with van der Waals surface area (Å²) in [5.74, 6) is 1.12. The summed E-state index contributed by atoms with van der Waals surface area (Å²) in [6, 6.07) is 7.41. The van der Waals surface area contributed by atoms with Crippen LogP contribution in [0.4, 0.5) is 10.6 Å². The third-order valence-corrected chi connectivity index (χ3v) is 4.91. The standard InChI is InChI=1S/C17H17N5OS/c1-10-2-6-14(24-10)13-9-18-12-5-7-15(21-16(12)20-13)22-17(23)19-8-11-3-4-11/h2,5-7,9,11H,3-4,8H2,1H3,(H2,19,20,21,22,23). The summed E-state index contributed by atoms with van der Waals surface area (Å²) < 4.78 is 0.